The van der Waals surface area contributed by atoms with Crippen molar-refractivity contribution in [1.29, 1.82) is 0 Å². The van der Waals surface area contributed by atoms with E-state index in [4.69, 9.17) is 4.74 Å². The van der Waals surface area contributed by atoms with E-state index in [2.05, 4.69) is 5.32 Å². The molecule has 0 aromatic rings. The summed E-state index contributed by atoms with van der Waals surface area (Å²) in [5, 5.41) is 2.84. The number of nitrogens with zero attached hydrogens (tertiary/aromatic N) is 1. The van der Waals surface area contributed by atoms with Crippen molar-refractivity contribution in [2.45, 2.75) is 50.6 Å². The minimum atomic E-state index is -0.252. The minimum absolute atomic E-state index is 0.0233. The molecule has 102 valence electrons. The molecule has 1 saturated carbocycles. The van der Waals surface area contributed by atoms with E-state index >= 15 is 0 Å². The molecule has 2 rings (SSSR count). The third-order valence-electron chi connectivity index (χ3n) is 3.88. The van der Waals surface area contributed by atoms with Crippen LogP contribution in [0.25, 0.3) is 0 Å². The van der Waals surface area contributed by atoms with Crippen molar-refractivity contribution in [3.05, 3.63) is 0 Å². The molecule has 1 saturated heterocycles. The minimum Gasteiger partial charge on any atom is -0.383 e. The van der Waals surface area contributed by atoms with Gasteiger partial charge in [-0.2, -0.15) is 0 Å². The molecule has 2 aliphatic rings. The second-order valence-corrected chi connectivity index (χ2v) is 5.08. The zero-order valence-electron chi connectivity index (χ0n) is 11.0. The van der Waals surface area contributed by atoms with Crippen LogP contribution in [0.5, 0.6) is 0 Å². The Balaban J connectivity index is 1.93. The van der Waals surface area contributed by atoms with Gasteiger partial charge in [-0.25, -0.2) is 0 Å². The van der Waals surface area contributed by atoms with Crippen LogP contribution in [0.4, 0.5) is 0 Å². The molecule has 0 aromatic heterocycles. The van der Waals surface area contributed by atoms with E-state index in [1.165, 1.54) is 12.8 Å². The Morgan fingerprint density at radius 3 is 2.78 bits per heavy atom. The number of carbonyl (C=O) groups excluding carboxylic acids is 2. The molecule has 1 N–H and O–H groups in total. The summed E-state index contributed by atoms with van der Waals surface area (Å²) in [4.78, 5) is 25.8. The first-order chi connectivity index (χ1) is 8.74. The summed E-state index contributed by atoms with van der Waals surface area (Å²) >= 11 is 0. The fourth-order valence-electron chi connectivity index (χ4n) is 2.99. The largest absolute Gasteiger partial charge is 0.383 e. The first-order valence-electron chi connectivity index (χ1n) is 6.82. The van der Waals surface area contributed by atoms with E-state index in [0.29, 0.717) is 26.0 Å². The number of carbonyl (C=O) groups is 2. The quantitative estimate of drug-likeness (QED) is 0.734. The van der Waals surface area contributed by atoms with Crippen LogP contribution in [-0.4, -0.2) is 49.1 Å². The summed E-state index contributed by atoms with van der Waals surface area (Å²) in [7, 11) is 1.61. The van der Waals surface area contributed by atoms with E-state index < -0.39 is 0 Å². The van der Waals surface area contributed by atoms with Gasteiger partial charge >= 0.3 is 0 Å². The summed E-state index contributed by atoms with van der Waals surface area (Å²) in [6.07, 6.45) is 5.62. The van der Waals surface area contributed by atoms with Crippen LogP contribution in [-0.2, 0) is 14.3 Å². The SMILES string of the molecule is COCCNC(=O)C1CCC(=O)N1C1CCCC1. The van der Waals surface area contributed by atoms with Crippen molar-refractivity contribution in [2.75, 3.05) is 20.3 Å². The van der Waals surface area contributed by atoms with Gasteiger partial charge < -0.3 is 15.0 Å². The molecule has 1 unspecified atom stereocenters. The van der Waals surface area contributed by atoms with Gasteiger partial charge in [-0.05, 0) is 19.3 Å². The number of hydrogen-bond acceptors (Lipinski definition) is 3. The van der Waals surface area contributed by atoms with Gasteiger partial charge in [0.15, 0.2) is 0 Å². The highest BCUT2D eigenvalue weighted by Gasteiger charge is 2.40. The maximum absolute atomic E-state index is 12.1. The maximum Gasteiger partial charge on any atom is 0.242 e. The van der Waals surface area contributed by atoms with Crippen LogP contribution in [0.1, 0.15) is 38.5 Å². The van der Waals surface area contributed by atoms with E-state index in [-0.39, 0.29) is 23.9 Å². The van der Waals surface area contributed by atoms with Crippen molar-refractivity contribution in [3.8, 4) is 0 Å². The smallest absolute Gasteiger partial charge is 0.242 e. The molecule has 1 heterocycles. The van der Waals surface area contributed by atoms with Gasteiger partial charge in [-0.3, -0.25) is 9.59 Å². The van der Waals surface area contributed by atoms with E-state index in [1.54, 1.807) is 7.11 Å². The summed E-state index contributed by atoms with van der Waals surface area (Å²) in [5.41, 5.74) is 0. The molecule has 2 fully saturated rings. The molecule has 0 radical (unpaired) electrons. The highest BCUT2D eigenvalue weighted by atomic mass is 16.5. The monoisotopic (exact) mass is 254 g/mol. The Labute approximate surface area is 108 Å². The van der Waals surface area contributed by atoms with Gasteiger partial charge in [0.05, 0.1) is 6.61 Å². The average molecular weight is 254 g/mol. The van der Waals surface area contributed by atoms with Crippen molar-refractivity contribution in [1.82, 2.24) is 10.2 Å². The number of methoxy groups -OCH3 is 1. The van der Waals surface area contributed by atoms with Gasteiger partial charge in [0.25, 0.3) is 0 Å². The number of amides is 2. The normalized spacial score (nSPS) is 24.8. The van der Waals surface area contributed by atoms with Crippen molar-refractivity contribution in [2.24, 2.45) is 0 Å². The molecule has 0 bridgehead atoms. The molecule has 5 nitrogen and oxygen atoms in total. The lowest BCUT2D eigenvalue weighted by Gasteiger charge is -2.29. The molecule has 0 aromatic carbocycles. The van der Waals surface area contributed by atoms with E-state index in [0.717, 1.165) is 12.8 Å². The number of likely N-dealkylation sites (tertiary alicyclic amines) is 1. The standard InChI is InChI=1S/C13H22N2O3/c1-18-9-8-14-13(17)11-6-7-12(16)15(11)10-4-2-3-5-10/h10-11H,2-9H2,1H3,(H,14,17). The van der Waals surface area contributed by atoms with E-state index in [9.17, 15) is 9.59 Å². The molecule has 0 spiro atoms. The predicted molar refractivity (Wildman–Crippen MR) is 67.0 cm³/mol. The number of nitrogens with one attached hydrogen (secondary N) is 1. The highest BCUT2D eigenvalue weighted by molar-refractivity contribution is 5.91. The average Bonchev–Trinajstić information content (AvgIpc) is 2.97. The Morgan fingerprint density at radius 2 is 2.11 bits per heavy atom. The topological polar surface area (TPSA) is 58.6 Å². The van der Waals surface area contributed by atoms with Gasteiger partial charge in [0.1, 0.15) is 6.04 Å². The van der Waals surface area contributed by atoms with Gasteiger partial charge in [0, 0.05) is 26.1 Å². The fourth-order valence-corrected chi connectivity index (χ4v) is 2.99. The van der Waals surface area contributed by atoms with Gasteiger partial charge in [0.2, 0.25) is 11.8 Å². The third-order valence-corrected chi connectivity index (χ3v) is 3.88. The Kier molecular flexibility index (Phi) is 4.58. The Bertz CT molecular complexity index is 313. The van der Waals surface area contributed by atoms with Crippen molar-refractivity contribution in [3.63, 3.8) is 0 Å². The summed E-state index contributed by atoms with van der Waals surface area (Å²) in [5.74, 6) is 0.124. The first kappa shape index (κ1) is 13.3. The first-order valence-corrected chi connectivity index (χ1v) is 6.82. The number of rotatable bonds is 5. The van der Waals surface area contributed by atoms with Crippen LogP contribution < -0.4 is 5.32 Å². The van der Waals surface area contributed by atoms with Crippen molar-refractivity contribution >= 4 is 11.8 Å². The lowest BCUT2D eigenvalue weighted by atomic mass is 10.1. The summed E-state index contributed by atoms with van der Waals surface area (Å²) in [6.45, 7) is 1.02. The molecule has 1 aliphatic heterocycles. The third kappa shape index (κ3) is 2.83. The molecule has 2 amide bonds. The zero-order valence-corrected chi connectivity index (χ0v) is 11.0. The molecular weight excluding hydrogens is 232 g/mol. The van der Waals surface area contributed by atoms with Crippen LogP contribution in [0.15, 0.2) is 0 Å². The van der Waals surface area contributed by atoms with Gasteiger partial charge in [-0.1, -0.05) is 12.8 Å². The number of hydrogen-bond donors (Lipinski definition) is 1. The lowest BCUT2D eigenvalue weighted by molar-refractivity contribution is -0.137. The molecule has 18 heavy (non-hydrogen) atoms. The number of ether oxygens (including phenoxy) is 1. The Hall–Kier alpha value is -1.10. The van der Waals surface area contributed by atoms with Gasteiger partial charge in [-0.15, -0.1) is 0 Å². The predicted octanol–water partition coefficient (Wildman–Crippen LogP) is 0.683. The van der Waals surface area contributed by atoms with Crippen LogP contribution in [0.3, 0.4) is 0 Å². The second kappa shape index (κ2) is 6.18. The van der Waals surface area contributed by atoms with Crippen LogP contribution >= 0.6 is 0 Å². The van der Waals surface area contributed by atoms with Crippen molar-refractivity contribution < 1.29 is 14.3 Å². The highest BCUT2D eigenvalue weighted by Crippen LogP contribution is 2.30. The maximum atomic E-state index is 12.1. The second-order valence-electron chi connectivity index (χ2n) is 5.08. The fraction of sp³-hybridized carbons (Fsp3) is 0.846. The van der Waals surface area contributed by atoms with Crippen LogP contribution in [0, 0.1) is 0 Å². The van der Waals surface area contributed by atoms with Crippen LogP contribution in [0.2, 0.25) is 0 Å². The summed E-state index contributed by atoms with van der Waals surface area (Å²) in [6, 6.07) is 0.0376. The molecule has 5 heteroatoms. The van der Waals surface area contributed by atoms with E-state index in [1.807, 2.05) is 4.90 Å². The summed E-state index contributed by atoms with van der Waals surface area (Å²) < 4.78 is 4.91. The Morgan fingerprint density at radius 1 is 1.39 bits per heavy atom. The molecule has 1 atom stereocenters. The lowest BCUT2D eigenvalue weighted by Crippen LogP contribution is -2.49. The zero-order chi connectivity index (χ0) is 13.0. The molecule has 1 aliphatic carbocycles. The molecular formula is C13H22N2O3.